The second-order valence-electron chi connectivity index (χ2n) is 10.4. The number of nitrogens with one attached hydrogen (secondary N) is 2. The maximum atomic E-state index is 13.6. The Hall–Kier alpha value is -3.23. The quantitative estimate of drug-likeness (QED) is 0.452. The largest absolute Gasteiger partial charge is 0.342 e. The standard InChI is InChI=1S/C29H35N3O4S/c1-5-10-27(33)32-18-17-26(29(3,4)19-32)31-37(35,36)25-16-15-24(22-13-8-9-14-23(22)25)30-28(34)21-12-7-6-11-20(21)2/h6-9,11-16,26,31H,5,10,17-19H2,1-4H3,(H,30,34)/t26-/m0/s1. The van der Waals surface area contributed by atoms with Gasteiger partial charge in [0, 0.05) is 47.6 Å². The van der Waals surface area contributed by atoms with Crippen molar-refractivity contribution in [1.29, 1.82) is 0 Å². The van der Waals surface area contributed by atoms with E-state index in [9.17, 15) is 18.0 Å². The van der Waals surface area contributed by atoms with Crippen LogP contribution in [0.3, 0.4) is 0 Å². The number of rotatable bonds is 7. The van der Waals surface area contributed by atoms with Gasteiger partial charge in [0.1, 0.15) is 0 Å². The molecule has 0 radical (unpaired) electrons. The maximum Gasteiger partial charge on any atom is 0.255 e. The number of fused-ring (bicyclic) bond motifs is 1. The molecule has 8 heteroatoms. The molecular weight excluding hydrogens is 486 g/mol. The summed E-state index contributed by atoms with van der Waals surface area (Å²) in [6.45, 7) is 8.87. The highest BCUT2D eigenvalue weighted by Gasteiger charge is 2.39. The summed E-state index contributed by atoms with van der Waals surface area (Å²) in [5.74, 6) is -0.130. The highest BCUT2D eigenvalue weighted by atomic mass is 32.2. The van der Waals surface area contributed by atoms with Crippen LogP contribution in [0.15, 0.2) is 65.6 Å². The average molecular weight is 522 g/mol. The number of benzene rings is 3. The zero-order valence-corrected chi connectivity index (χ0v) is 22.7. The molecule has 0 bridgehead atoms. The number of likely N-dealkylation sites (tertiary alicyclic amines) is 1. The number of anilines is 1. The van der Waals surface area contributed by atoms with Crippen LogP contribution in [0, 0.1) is 12.3 Å². The van der Waals surface area contributed by atoms with Crippen molar-refractivity contribution in [3.63, 3.8) is 0 Å². The Morgan fingerprint density at radius 1 is 1.00 bits per heavy atom. The van der Waals surface area contributed by atoms with Gasteiger partial charge >= 0.3 is 0 Å². The van der Waals surface area contributed by atoms with Gasteiger partial charge in [0.2, 0.25) is 15.9 Å². The molecule has 0 spiro atoms. The van der Waals surface area contributed by atoms with Crippen molar-refractivity contribution in [2.75, 3.05) is 18.4 Å². The number of nitrogens with zero attached hydrogens (tertiary/aromatic N) is 1. The van der Waals surface area contributed by atoms with Crippen LogP contribution in [0.4, 0.5) is 5.69 Å². The van der Waals surface area contributed by atoms with Gasteiger partial charge in [-0.2, -0.15) is 0 Å². The fourth-order valence-corrected chi connectivity index (χ4v) is 6.70. The molecule has 1 heterocycles. The van der Waals surface area contributed by atoms with Gasteiger partial charge in [-0.3, -0.25) is 9.59 Å². The summed E-state index contributed by atoms with van der Waals surface area (Å²) >= 11 is 0. The maximum absolute atomic E-state index is 13.6. The molecule has 37 heavy (non-hydrogen) atoms. The van der Waals surface area contributed by atoms with E-state index in [1.807, 2.05) is 62.9 Å². The predicted octanol–water partition coefficient (Wildman–Crippen LogP) is 5.11. The van der Waals surface area contributed by atoms with Crippen molar-refractivity contribution in [3.8, 4) is 0 Å². The van der Waals surface area contributed by atoms with Gasteiger partial charge in [0.25, 0.3) is 5.91 Å². The van der Waals surface area contributed by atoms with Crippen molar-refractivity contribution in [1.82, 2.24) is 9.62 Å². The van der Waals surface area contributed by atoms with Crippen LogP contribution in [0.1, 0.15) is 56.0 Å². The van der Waals surface area contributed by atoms with E-state index in [1.165, 1.54) is 0 Å². The third kappa shape index (κ3) is 5.70. The second-order valence-corrected chi connectivity index (χ2v) is 12.1. The molecule has 0 aliphatic carbocycles. The molecule has 1 aliphatic rings. The second kappa shape index (κ2) is 10.6. The van der Waals surface area contributed by atoms with Crippen molar-refractivity contribution < 1.29 is 18.0 Å². The van der Waals surface area contributed by atoms with Gasteiger partial charge in [-0.05, 0) is 48.9 Å². The number of hydrogen-bond donors (Lipinski definition) is 2. The molecule has 4 rings (SSSR count). The number of carbonyl (C=O) groups is 2. The van der Waals surface area contributed by atoms with Gasteiger partial charge in [0.05, 0.1) is 4.90 Å². The van der Waals surface area contributed by atoms with Crippen LogP contribution in [0.2, 0.25) is 0 Å². The number of sulfonamides is 1. The summed E-state index contributed by atoms with van der Waals surface area (Å²) in [5.41, 5.74) is 1.55. The molecule has 1 saturated heterocycles. The molecule has 1 atom stereocenters. The topological polar surface area (TPSA) is 95.6 Å². The Morgan fingerprint density at radius 2 is 1.68 bits per heavy atom. The number of aryl methyl sites for hydroxylation is 1. The number of hydrogen-bond acceptors (Lipinski definition) is 4. The van der Waals surface area contributed by atoms with Crippen LogP contribution in [-0.4, -0.2) is 44.3 Å². The zero-order chi connectivity index (χ0) is 26.8. The van der Waals surface area contributed by atoms with Gasteiger partial charge in [-0.15, -0.1) is 0 Å². The first-order chi connectivity index (χ1) is 17.5. The fraction of sp³-hybridized carbons (Fsp3) is 0.379. The summed E-state index contributed by atoms with van der Waals surface area (Å²) in [4.78, 5) is 27.4. The Labute approximate surface area is 219 Å². The highest BCUT2D eigenvalue weighted by Crippen LogP contribution is 2.34. The summed E-state index contributed by atoms with van der Waals surface area (Å²) in [7, 11) is -3.88. The molecule has 0 unspecified atom stereocenters. The average Bonchev–Trinajstić information content (AvgIpc) is 2.85. The molecule has 2 amide bonds. The lowest BCUT2D eigenvalue weighted by molar-refractivity contribution is -0.134. The minimum Gasteiger partial charge on any atom is -0.342 e. The zero-order valence-electron chi connectivity index (χ0n) is 21.9. The SMILES string of the molecule is CCCC(=O)N1CC[C@H](NS(=O)(=O)c2ccc(NC(=O)c3ccccc3C)c3ccccc23)C(C)(C)C1. The monoisotopic (exact) mass is 521 g/mol. The number of amides is 2. The van der Waals surface area contributed by atoms with Crippen molar-refractivity contribution in [2.24, 2.45) is 5.41 Å². The van der Waals surface area contributed by atoms with E-state index in [1.54, 1.807) is 30.3 Å². The Kier molecular flexibility index (Phi) is 7.71. The van der Waals surface area contributed by atoms with E-state index in [-0.39, 0.29) is 22.8 Å². The van der Waals surface area contributed by atoms with E-state index >= 15 is 0 Å². The molecule has 1 aliphatic heterocycles. The molecule has 0 aromatic heterocycles. The fourth-order valence-electron chi connectivity index (χ4n) is 5.04. The van der Waals surface area contributed by atoms with Crippen molar-refractivity contribution in [2.45, 2.75) is 57.9 Å². The van der Waals surface area contributed by atoms with E-state index in [4.69, 9.17) is 0 Å². The molecule has 2 N–H and O–H groups in total. The van der Waals surface area contributed by atoms with Crippen LogP contribution in [0.25, 0.3) is 10.8 Å². The molecule has 1 fully saturated rings. The number of carbonyl (C=O) groups excluding carboxylic acids is 2. The molecule has 0 saturated carbocycles. The Bertz CT molecular complexity index is 1430. The van der Waals surface area contributed by atoms with Crippen molar-refractivity contribution in [3.05, 3.63) is 71.8 Å². The van der Waals surface area contributed by atoms with Crippen LogP contribution in [0.5, 0.6) is 0 Å². The highest BCUT2D eigenvalue weighted by molar-refractivity contribution is 7.89. The summed E-state index contributed by atoms with van der Waals surface area (Å²) in [6, 6.07) is 17.4. The lowest BCUT2D eigenvalue weighted by Gasteiger charge is -2.44. The summed E-state index contributed by atoms with van der Waals surface area (Å²) < 4.78 is 30.2. The Morgan fingerprint density at radius 3 is 2.35 bits per heavy atom. The first kappa shape index (κ1) is 26.8. The van der Waals surface area contributed by atoms with E-state index in [0.717, 1.165) is 12.0 Å². The summed E-state index contributed by atoms with van der Waals surface area (Å²) in [6.07, 6.45) is 1.84. The third-order valence-corrected chi connectivity index (χ3v) is 8.68. The third-order valence-electron chi connectivity index (χ3n) is 7.15. The van der Waals surface area contributed by atoms with Gasteiger partial charge in [-0.1, -0.05) is 63.2 Å². The van der Waals surface area contributed by atoms with E-state index in [0.29, 0.717) is 48.0 Å². The van der Waals surface area contributed by atoms with E-state index < -0.39 is 15.4 Å². The van der Waals surface area contributed by atoms with Gasteiger partial charge in [0.15, 0.2) is 0 Å². The lowest BCUT2D eigenvalue weighted by atomic mass is 9.79. The van der Waals surface area contributed by atoms with Crippen LogP contribution in [-0.2, 0) is 14.8 Å². The van der Waals surface area contributed by atoms with Crippen molar-refractivity contribution >= 4 is 38.3 Å². The minimum atomic E-state index is -3.88. The predicted molar refractivity (Wildman–Crippen MR) is 147 cm³/mol. The smallest absolute Gasteiger partial charge is 0.255 e. The van der Waals surface area contributed by atoms with Gasteiger partial charge in [-0.25, -0.2) is 13.1 Å². The molecular formula is C29H35N3O4S. The van der Waals surface area contributed by atoms with Crippen LogP contribution >= 0.6 is 0 Å². The molecule has 3 aromatic carbocycles. The van der Waals surface area contributed by atoms with Gasteiger partial charge < -0.3 is 10.2 Å². The Balaban J connectivity index is 1.60. The minimum absolute atomic E-state index is 0.117. The summed E-state index contributed by atoms with van der Waals surface area (Å²) in [5, 5.41) is 4.13. The molecule has 7 nitrogen and oxygen atoms in total. The van der Waals surface area contributed by atoms with E-state index in [2.05, 4.69) is 10.0 Å². The normalized spacial score (nSPS) is 17.5. The number of piperidine rings is 1. The molecule has 3 aromatic rings. The first-order valence-electron chi connectivity index (χ1n) is 12.7. The first-order valence-corrected chi connectivity index (χ1v) is 14.2. The molecule has 196 valence electrons. The lowest BCUT2D eigenvalue weighted by Crippen LogP contribution is -2.56. The van der Waals surface area contributed by atoms with Crippen LogP contribution < -0.4 is 10.0 Å².